The molecule has 0 aliphatic heterocycles. The van der Waals surface area contributed by atoms with Crippen LogP contribution in [-0.4, -0.2) is 26.3 Å². The number of benzene rings is 2. The smallest absolute Gasteiger partial charge is 0.267 e. The normalized spacial score (nSPS) is 11.5. The summed E-state index contributed by atoms with van der Waals surface area (Å²) in [5.74, 6) is -0.544. The summed E-state index contributed by atoms with van der Waals surface area (Å²) in [7, 11) is 0. The van der Waals surface area contributed by atoms with E-state index in [0.717, 1.165) is 12.8 Å². The van der Waals surface area contributed by atoms with Gasteiger partial charge in [-0.2, -0.15) is 10.2 Å². The molecule has 3 rings (SSSR count). The number of hydrazone groups is 1. The average Bonchev–Trinajstić information content (AvgIpc) is 2.77. The van der Waals surface area contributed by atoms with Crippen LogP contribution in [0.25, 0.3) is 10.8 Å². The summed E-state index contributed by atoms with van der Waals surface area (Å²) in [4.78, 5) is 35.7. The number of nitro groups is 1. The van der Waals surface area contributed by atoms with Crippen LogP contribution in [0, 0.1) is 10.1 Å². The first-order valence-corrected chi connectivity index (χ1v) is 9.51. The SMILES string of the molecule is CCCCn1nc(C(=O)N/N=C(\C)c2ccc([N+](=O)[O-])cc2)c2ccccc2c1=O. The zero-order chi connectivity index (χ0) is 21.7. The molecule has 3 aromatic rings. The Bertz CT molecular complexity index is 1180. The summed E-state index contributed by atoms with van der Waals surface area (Å²) in [6.07, 6.45) is 1.66. The van der Waals surface area contributed by atoms with Gasteiger partial charge in [0.1, 0.15) is 0 Å². The fourth-order valence-electron chi connectivity index (χ4n) is 2.94. The van der Waals surface area contributed by atoms with Crippen molar-refractivity contribution in [3.63, 3.8) is 0 Å². The van der Waals surface area contributed by atoms with Crippen LogP contribution >= 0.6 is 0 Å². The second kappa shape index (κ2) is 9.08. The molecular formula is C21H21N5O4. The molecule has 2 aromatic carbocycles. The van der Waals surface area contributed by atoms with E-state index in [2.05, 4.69) is 15.6 Å². The van der Waals surface area contributed by atoms with Gasteiger partial charge in [0.05, 0.1) is 16.0 Å². The van der Waals surface area contributed by atoms with Crippen LogP contribution in [0.15, 0.2) is 58.4 Å². The highest BCUT2D eigenvalue weighted by Gasteiger charge is 2.16. The molecule has 1 amide bonds. The summed E-state index contributed by atoms with van der Waals surface area (Å²) in [5.41, 5.74) is 3.42. The molecular weight excluding hydrogens is 386 g/mol. The van der Waals surface area contributed by atoms with Crippen LogP contribution < -0.4 is 11.0 Å². The van der Waals surface area contributed by atoms with Gasteiger partial charge in [0.2, 0.25) is 0 Å². The minimum atomic E-state index is -0.544. The minimum absolute atomic E-state index is 0.0272. The number of rotatable bonds is 7. The Labute approximate surface area is 172 Å². The van der Waals surface area contributed by atoms with Gasteiger partial charge in [-0.25, -0.2) is 10.1 Å². The molecule has 0 saturated carbocycles. The van der Waals surface area contributed by atoms with Crippen LogP contribution in [0.2, 0.25) is 0 Å². The highest BCUT2D eigenvalue weighted by molar-refractivity contribution is 6.06. The number of fused-ring (bicyclic) bond motifs is 1. The van der Waals surface area contributed by atoms with Crippen molar-refractivity contribution in [3.8, 4) is 0 Å². The average molecular weight is 407 g/mol. The Morgan fingerprint density at radius 2 is 1.83 bits per heavy atom. The first kappa shape index (κ1) is 20.8. The number of amides is 1. The van der Waals surface area contributed by atoms with Gasteiger partial charge in [-0.1, -0.05) is 31.5 Å². The van der Waals surface area contributed by atoms with Crippen molar-refractivity contribution >= 4 is 28.1 Å². The molecule has 0 aliphatic rings. The first-order chi connectivity index (χ1) is 14.4. The van der Waals surface area contributed by atoms with Gasteiger partial charge in [-0.05, 0) is 37.1 Å². The Morgan fingerprint density at radius 3 is 2.47 bits per heavy atom. The number of carbonyl (C=O) groups excluding carboxylic acids is 1. The van der Waals surface area contributed by atoms with Crippen LogP contribution in [0.1, 0.15) is 42.7 Å². The highest BCUT2D eigenvalue weighted by Crippen LogP contribution is 2.14. The molecule has 0 atom stereocenters. The maximum atomic E-state index is 12.8. The van der Waals surface area contributed by atoms with Crippen LogP contribution in [0.4, 0.5) is 5.69 Å². The van der Waals surface area contributed by atoms with E-state index in [1.54, 1.807) is 43.3 Å². The Morgan fingerprint density at radius 1 is 1.17 bits per heavy atom. The summed E-state index contributed by atoms with van der Waals surface area (Å²) < 4.78 is 1.31. The first-order valence-electron chi connectivity index (χ1n) is 9.51. The predicted molar refractivity (Wildman–Crippen MR) is 114 cm³/mol. The molecule has 1 aromatic heterocycles. The van der Waals surface area contributed by atoms with Crippen molar-refractivity contribution in [1.82, 2.24) is 15.2 Å². The highest BCUT2D eigenvalue weighted by atomic mass is 16.6. The maximum absolute atomic E-state index is 12.8. The van der Waals surface area contributed by atoms with Crippen LogP contribution in [0.3, 0.4) is 0 Å². The minimum Gasteiger partial charge on any atom is -0.267 e. The van der Waals surface area contributed by atoms with E-state index >= 15 is 0 Å². The topological polar surface area (TPSA) is 119 Å². The van der Waals surface area contributed by atoms with Gasteiger partial charge >= 0.3 is 0 Å². The van der Waals surface area contributed by atoms with Gasteiger partial charge in [0, 0.05) is 24.1 Å². The van der Waals surface area contributed by atoms with Crippen LogP contribution in [-0.2, 0) is 6.54 Å². The standard InChI is InChI=1S/C21H21N5O4/c1-3-4-13-25-21(28)18-8-6-5-7-17(18)19(24-25)20(27)23-22-14(2)15-9-11-16(12-10-15)26(29)30/h5-12H,3-4,13H2,1-2H3,(H,23,27)/b22-14+. The zero-order valence-corrected chi connectivity index (χ0v) is 16.7. The Kier molecular flexibility index (Phi) is 6.31. The quantitative estimate of drug-likeness (QED) is 0.366. The van der Waals surface area contributed by atoms with E-state index in [1.807, 2.05) is 6.92 Å². The molecule has 1 heterocycles. The molecule has 0 fully saturated rings. The van der Waals surface area contributed by atoms with Crippen molar-refractivity contribution in [2.75, 3.05) is 0 Å². The number of nitrogens with zero attached hydrogens (tertiary/aromatic N) is 4. The number of hydrogen-bond donors (Lipinski definition) is 1. The van der Waals surface area contributed by atoms with Gasteiger partial charge in [0.15, 0.2) is 5.69 Å². The lowest BCUT2D eigenvalue weighted by Gasteiger charge is -2.10. The molecule has 9 heteroatoms. The molecule has 30 heavy (non-hydrogen) atoms. The number of nitro benzene ring substituents is 1. The van der Waals surface area contributed by atoms with Crippen molar-refractivity contribution in [2.24, 2.45) is 5.10 Å². The number of nitrogens with one attached hydrogen (secondary N) is 1. The molecule has 0 radical (unpaired) electrons. The lowest BCUT2D eigenvalue weighted by Crippen LogP contribution is -2.29. The summed E-state index contributed by atoms with van der Waals surface area (Å²) in [5, 5.41) is 20.0. The number of aryl methyl sites for hydroxylation is 1. The number of aromatic nitrogens is 2. The molecule has 154 valence electrons. The summed E-state index contributed by atoms with van der Waals surface area (Å²) >= 11 is 0. The van der Waals surface area contributed by atoms with Gasteiger partial charge in [0.25, 0.3) is 17.2 Å². The fraction of sp³-hybridized carbons (Fsp3) is 0.238. The monoisotopic (exact) mass is 407 g/mol. The lowest BCUT2D eigenvalue weighted by atomic mass is 10.1. The molecule has 9 nitrogen and oxygen atoms in total. The third-order valence-corrected chi connectivity index (χ3v) is 4.63. The van der Waals surface area contributed by atoms with Crippen molar-refractivity contribution in [1.29, 1.82) is 0 Å². The van der Waals surface area contributed by atoms with E-state index in [4.69, 9.17) is 0 Å². The molecule has 0 bridgehead atoms. The summed E-state index contributed by atoms with van der Waals surface area (Å²) in [6.45, 7) is 4.11. The van der Waals surface area contributed by atoms with Crippen LogP contribution in [0.5, 0.6) is 0 Å². The van der Waals surface area contributed by atoms with E-state index in [0.29, 0.717) is 28.6 Å². The Balaban J connectivity index is 1.90. The van der Waals surface area contributed by atoms with E-state index in [-0.39, 0.29) is 16.9 Å². The second-order valence-electron chi connectivity index (χ2n) is 6.72. The largest absolute Gasteiger partial charge is 0.292 e. The molecule has 0 aliphatic carbocycles. The van der Waals surface area contributed by atoms with Crippen molar-refractivity contribution < 1.29 is 9.72 Å². The van der Waals surface area contributed by atoms with Crippen molar-refractivity contribution in [2.45, 2.75) is 33.2 Å². The van der Waals surface area contributed by atoms with Gasteiger partial charge in [-0.15, -0.1) is 0 Å². The maximum Gasteiger partial charge on any atom is 0.292 e. The fourth-order valence-corrected chi connectivity index (χ4v) is 2.94. The van der Waals surface area contributed by atoms with Gasteiger partial charge in [-0.3, -0.25) is 19.7 Å². The van der Waals surface area contributed by atoms with E-state index in [9.17, 15) is 19.7 Å². The number of carbonyl (C=O) groups is 1. The predicted octanol–water partition coefficient (Wildman–Crippen LogP) is 3.26. The molecule has 0 saturated heterocycles. The Hall–Kier alpha value is -3.88. The number of unbranched alkanes of at least 4 members (excludes halogenated alkanes) is 1. The van der Waals surface area contributed by atoms with Crippen molar-refractivity contribution in [3.05, 3.63) is 80.3 Å². The second-order valence-corrected chi connectivity index (χ2v) is 6.72. The lowest BCUT2D eigenvalue weighted by molar-refractivity contribution is -0.384. The zero-order valence-electron chi connectivity index (χ0n) is 16.7. The molecule has 0 unspecified atom stereocenters. The third-order valence-electron chi connectivity index (χ3n) is 4.63. The third kappa shape index (κ3) is 4.40. The van der Waals surface area contributed by atoms with Gasteiger partial charge < -0.3 is 0 Å². The van der Waals surface area contributed by atoms with E-state index in [1.165, 1.54) is 16.8 Å². The van der Waals surface area contributed by atoms with E-state index < -0.39 is 10.8 Å². The number of non-ortho nitro benzene ring substituents is 1. The number of hydrogen-bond acceptors (Lipinski definition) is 6. The summed E-state index contributed by atoms with van der Waals surface area (Å²) in [6, 6.07) is 12.7. The molecule has 1 N–H and O–H groups in total. The molecule has 0 spiro atoms.